The highest BCUT2D eigenvalue weighted by molar-refractivity contribution is 7.99. The Morgan fingerprint density at radius 3 is 2.69 bits per heavy atom. The smallest absolute Gasteiger partial charge is 0.249 e. The Morgan fingerprint density at radius 1 is 1.19 bits per heavy atom. The predicted molar refractivity (Wildman–Crippen MR) is 104 cm³/mol. The number of fused-ring (bicyclic) bond motifs is 2. The van der Waals surface area contributed by atoms with Gasteiger partial charge in [-0.05, 0) is 12.1 Å². The highest BCUT2D eigenvalue weighted by atomic mass is 32.2. The standard InChI is InChI=1S/C19H18N2O3S2/c1-21-14-11-15-16(24-9-8-23-15)12-17(14)26-19(21)20-18(22)7-10-25-13-5-3-2-4-6-13/h2-6,11-12H,7-10H2,1H3. The van der Waals surface area contributed by atoms with E-state index < -0.39 is 0 Å². The van der Waals surface area contributed by atoms with Crippen molar-refractivity contribution in [3.8, 4) is 11.5 Å². The normalized spacial score (nSPS) is 14.0. The van der Waals surface area contributed by atoms with Crippen molar-refractivity contribution < 1.29 is 14.3 Å². The second-order valence-corrected chi connectivity index (χ2v) is 8.00. The van der Waals surface area contributed by atoms with Crippen LogP contribution in [0.3, 0.4) is 0 Å². The van der Waals surface area contributed by atoms with Crippen molar-refractivity contribution in [1.82, 2.24) is 4.57 Å². The van der Waals surface area contributed by atoms with Gasteiger partial charge in [0.1, 0.15) is 13.2 Å². The fourth-order valence-corrected chi connectivity index (χ4v) is 4.61. The minimum atomic E-state index is -0.104. The zero-order chi connectivity index (χ0) is 17.9. The van der Waals surface area contributed by atoms with Crippen LogP contribution in [0.2, 0.25) is 0 Å². The van der Waals surface area contributed by atoms with Crippen LogP contribution in [0.25, 0.3) is 10.2 Å². The number of rotatable bonds is 4. The van der Waals surface area contributed by atoms with Crippen molar-refractivity contribution in [1.29, 1.82) is 0 Å². The molecule has 0 saturated heterocycles. The van der Waals surface area contributed by atoms with E-state index >= 15 is 0 Å². The fraction of sp³-hybridized carbons (Fsp3) is 0.263. The summed E-state index contributed by atoms with van der Waals surface area (Å²) in [4.78, 5) is 18.4. The Morgan fingerprint density at radius 2 is 1.92 bits per heavy atom. The van der Waals surface area contributed by atoms with Gasteiger partial charge in [-0.2, -0.15) is 4.99 Å². The number of carbonyl (C=O) groups is 1. The summed E-state index contributed by atoms with van der Waals surface area (Å²) in [7, 11) is 1.92. The van der Waals surface area contributed by atoms with Crippen LogP contribution >= 0.6 is 23.1 Å². The molecule has 0 aliphatic carbocycles. The van der Waals surface area contributed by atoms with Crippen molar-refractivity contribution in [3.05, 3.63) is 47.3 Å². The van der Waals surface area contributed by atoms with Crippen molar-refractivity contribution in [3.63, 3.8) is 0 Å². The SMILES string of the molecule is Cn1c(=NC(=O)CCSc2ccccc2)sc2cc3c(cc21)OCCO3. The highest BCUT2D eigenvalue weighted by Gasteiger charge is 2.15. The molecule has 0 saturated carbocycles. The highest BCUT2D eigenvalue weighted by Crippen LogP contribution is 2.35. The number of aromatic nitrogens is 1. The number of benzene rings is 2. The van der Waals surface area contributed by atoms with Crippen LogP contribution < -0.4 is 14.3 Å². The van der Waals surface area contributed by atoms with E-state index in [4.69, 9.17) is 9.47 Å². The molecule has 2 aromatic carbocycles. The van der Waals surface area contributed by atoms with Gasteiger partial charge in [-0.15, -0.1) is 11.8 Å². The second-order valence-electron chi connectivity index (χ2n) is 5.82. The first-order valence-electron chi connectivity index (χ1n) is 8.35. The molecule has 134 valence electrons. The van der Waals surface area contributed by atoms with Crippen molar-refractivity contribution in [2.75, 3.05) is 19.0 Å². The molecule has 3 aromatic rings. The molecular formula is C19H18N2O3S2. The molecule has 1 aliphatic rings. The van der Waals surface area contributed by atoms with Crippen molar-refractivity contribution in [2.45, 2.75) is 11.3 Å². The summed E-state index contributed by atoms with van der Waals surface area (Å²) >= 11 is 3.16. The van der Waals surface area contributed by atoms with Crippen LogP contribution in [0.5, 0.6) is 11.5 Å². The summed E-state index contributed by atoms with van der Waals surface area (Å²) in [6, 6.07) is 14.0. The molecule has 26 heavy (non-hydrogen) atoms. The molecule has 0 atom stereocenters. The first-order valence-corrected chi connectivity index (χ1v) is 10.2. The number of thiazole rings is 1. The van der Waals surface area contributed by atoms with Gasteiger partial charge in [-0.25, -0.2) is 0 Å². The lowest BCUT2D eigenvalue weighted by atomic mass is 10.3. The molecule has 0 spiro atoms. The molecule has 1 aliphatic heterocycles. The molecule has 0 N–H and O–H groups in total. The molecule has 0 unspecified atom stereocenters. The van der Waals surface area contributed by atoms with E-state index in [2.05, 4.69) is 4.99 Å². The van der Waals surface area contributed by atoms with E-state index in [1.165, 1.54) is 16.2 Å². The Balaban J connectivity index is 1.51. The number of amides is 1. The molecular weight excluding hydrogens is 368 g/mol. The lowest BCUT2D eigenvalue weighted by Gasteiger charge is -2.18. The fourth-order valence-electron chi connectivity index (χ4n) is 2.71. The van der Waals surface area contributed by atoms with Gasteiger partial charge in [-0.1, -0.05) is 29.5 Å². The van der Waals surface area contributed by atoms with Gasteiger partial charge in [-0.3, -0.25) is 4.79 Å². The molecule has 4 rings (SSSR count). The maximum atomic E-state index is 12.3. The topological polar surface area (TPSA) is 52.8 Å². The van der Waals surface area contributed by atoms with Gasteiger partial charge < -0.3 is 14.0 Å². The van der Waals surface area contributed by atoms with Gasteiger partial charge in [0.05, 0.1) is 10.2 Å². The molecule has 1 aromatic heterocycles. The van der Waals surface area contributed by atoms with Gasteiger partial charge in [0.15, 0.2) is 16.3 Å². The molecule has 2 heterocycles. The number of nitrogens with zero attached hydrogens (tertiary/aromatic N) is 2. The summed E-state index contributed by atoms with van der Waals surface area (Å²) in [5.74, 6) is 2.11. The predicted octanol–water partition coefficient (Wildman–Crippen LogP) is 3.62. The van der Waals surface area contributed by atoms with Crippen LogP contribution in [0, 0.1) is 0 Å². The summed E-state index contributed by atoms with van der Waals surface area (Å²) in [6.45, 7) is 1.12. The third kappa shape index (κ3) is 3.64. The third-order valence-electron chi connectivity index (χ3n) is 4.02. The van der Waals surface area contributed by atoms with Crippen molar-refractivity contribution in [2.24, 2.45) is 12.0 Å². The molecule has 7 heteroatoms. The summed E-state index contributed by atoms with van der Waals surface area (Å²) in [6.07, 6.45) is 0.413. The largest absolute Gasteiger partial charge is 0.486 e. The van der Waals surface area contributed by atoms with Crippen LogP contribution in [0.1, 0.15) is 6.42 Å². The van der Waals surface area contributed by atoms with Gasteiger partial charge in [0.25, 0.3) is 0 Å². The number of thioether (sulfide) groups is 1. The minimum Gasteiger partial charge on any atom is -0.486 e. The zero-order valence-electron chi connectivity index (χ0n) is 14.3. The van der Waals surface area contributed by atoms with E-state index in [9.17, 15) is 4.79 Å². The first kappa shape index (κ1) is 17.2. The Bertz CT molecular complexity index is 1010. The third-order valence-corrected chi connectivity index (χ3v) is 6.13. The average molecular weight is 386 g/mol. The molecule has 0 radical (unpaired) electrons. The lowest BCUT2D eigenvalue weighted by Crippen LogP contribution is -2.15. The molecule has 1 amide bonds. The number of hydrogen-bond acceptors (Lipinski definition) is 5. The summed E-state index contributed by atoms with van der Waals surface area (Å²) in [5.41, 5.74) is 0.990. The van der Waals surface area contributed by atoms with Gasteiger partial charge >= 0.3 is 0 Å². The van der Waals surface area contributed by atoms with E-state index in [1.54, 1.807) is 11.8 Å². The number of aryl methyl sites for hydroxylation is 1. The van der Waals surface area contributed by atoms with Crippen LogP contribution in [-0.4, -0.2) is 29.4 Å². The molecule has 0 fully saturated rings. The van der Waals surface area contributed by atoms with Gasteiger partial charge in [0, 0.05) is 36.2 Å². The van der Waals surface area contributed by atoms with Gasteiger partial charge in [0.2, 0.25) is 5.91 Å². The lowest BCUT2D eigenvalue weighted by molar-refractivity contribution is -0.117. The molecule has 0 bridgehead atoms. The van der Waals surface area contributed by atoms with E-state index in [0.717, 1.165) is 27.5 Å². The maximum absolute atomic E-state index is 12.3. The van der Waals surface area contributed by atoms with Crippen LogP contribution in [0.4, 0.5) is 0 Å². The quantitative estimate of drug-likeness (QED) is 0.643. The van der Waals surface area contributed by atoms with Crippen molar-refractivity contribution >= 4 is 39.2 Å². The summed E-state index contributed by atoms with van der Waals surface area (Å²) in [5, 5.41) is 0. The van der Waals surface area contributed by atoms with E-state index in [1.807, 2.05) is 54.1 Å². The average Bonchev–Trinajstić information content (AvgIpc) is 2.95. The summed E-state index contributed by atoms with van der Waals surface area (Å²) < 4.78 is 14.2. The van der Waals surface area contributed by atoms with E-state index in [-0.39, 0.29) is 5.91 Å². The van der Waals surface area contributed by atoms with E-state index in [0.29, 0.717) is 24.4 Å². The zero-order valence-corrected chi connectivity index (χ0v) is 15.9. The number of ether oxygens (including phenoxy) is 2. The Hall–Kier alpha value is -2.25. The molecule has 5 nitrogen and oxygen atoms in total. The maximum Gasteiger partial charge on any atom is 0.249 e. The number of hydrogen-bond donors (Lipinski definition) is 0. The monoisotopic (exact) mass is 386 g/mol. The van der Waals surface area contributed by atoms with Crippen LogP contribution in [0.15, 0.2) is 52.4 Å². The second kappa shape index (κ2) is 7.55. The Kier molecular flexibility index (Phi) is 4.99. The minimum absolute atomic E-state index is 0.104. The van der Waals surface area contributed by atoms with Crippen LogP contribution in [-0.2, 0) is 11.8 Å². The number of carbonyl (C=O) groups excluding carboxylic acids is 1. The first-order chi connectivity index (χ1) is 12.7. The Labute approximate surface area is 159 Å².